The summed E-state index contributed by atoms with van der Waals surface area (Å²) in [6.07, 6.45) is 1.04. The Morgan fingerprint density at radius 3 is 2.79 bits per heavy atom. The smallest absolute Gasteiger partial charge is 0.119 e. The van der Waals surface area contributed by atoms with Crippen molar-refractivity contribution >= 4 is 11.3 Å². The molecule has 0 aliphatic heterocycles. The highest BCUT2D eigenvalue weighted by atomic mass is 32.1. The first-order valence-corrected chi connectivity index (χ1v) is 5.73. The summed E-state index contributed by atoms with van der Waals surface area (Å²) >= 11 is 1.61. The first kappa shape index (κ1) is 11.6. The van der Waals surface area contributed by atoms with Crippen LogP contribution in [-0.2, 0) is 16.9 Å². The summed E-state index contributed by atoms with van der Waals surface area (Å²) in [7, 11) is 0. The highest BCUT2D eigenvalue weighted by Gasteiger charge is 2.17. The van der Waals surface area contributed by atoms with Gasteiger partial charge in [0.1, 0.15) is 5.01 Å². The lowest BCUT2D eigenvalue weighted by atomic mass is 10.0. The molecule has 0 aliphatic carbocycles. The quantitative estimate of drug-likeness (QED) is 0.765. The van der Waals surface area contributed by atoms with Crippen LogP contribution in [-0.4, -0.2) is 11.6 Å². The maximum absolute atomic E-state index is 5.93. The van der Waals surface area contributed by atoms with Crippen LogP contribution >= 0.6 is 11.3 Å². The molecule has 0 atom stereocenters. The van der Waals surface area contributed by atoms with Crippen LogP contribution in [0.25, 0.3) is 0 Å². The number of nitrogens with two attached hydrogens (primary N) is 1. The molecular formula is C10H18N2OS. The minimum Gasteiger partial charge on any atom is -0.374 e. The van der Waals surface area contributed by atoms with Crippen molar-refractivity contribution in [3.05, 3.63) is 16.1 Å². The molecule has 1 heterocycles. The number of rotatable bonds is 5. The maximum Gasteiger partial charge on any atom is 0.119 e. The SMILES string of the molecule is CCCOCc1nc(C(C)(C)N)cs1. The lowest BCUT2D eigenvalue weighted by molar-refractivity contribution is 0.121. The van der Waals surface area contributed by atoms with E-state index >= 15 is 0 Å². The molecule has 0 saturated carbocycles. The Hall–Kier alpha value is -0.450. The van der Waals surface area contributed by atoms with Crippen LogP contribution in [0.5, 0.6) is 0 Å². The Morgan fingerprint density at radius 2 is 2.29 bits per heavy atom. The van der Waals surface area contributed by atoms with Crippen LogP contribution in [0, 0.1) is 0 Å². The molecule has 0 fully saturated rings. The summed E-state index contributed by atoms with van der Waals surface area (Å²) in [6, 6.07) is 0. The van der Waals surface area contributed by atoms with E-state index in [9.17, 15) is 0 Å². The largest absolute Gasteiger partial charge is 0.374 e. The fourth-order valence-electron chi connectivity index (χ4n) is 0.977. The Morgan fingerprint density at radius 1 is 1.57 bits per heavy atom. The molecule has 0 unspecified atom stereocenters. The van der Waals surface area contributed by atoms with Gasteiger partial charge in [0.05, 0.1) is 17.8 Å². The molecule has 3 nitrogen and oxygen atoms in total. The molecule has 0 aromatic carbocycles. The number of ether oxygens (including phenoxy) is 1. The first-order valence-electron chi connectivity index (χ1n) is 4.85. The second kappa shape index (κ2) is 4.87. The van der Waals surface area contributed by atoms with Crippen LogP contribution in [0.15, 0.2) is 5.38 Å². The second-order valence-corrected chi connectivity index (χ2v) is 4.84. The number of thiazole rings is 1. The molecule has 0 spiro atoms. The summed E-state index contributed by atoms with van der Waals surface area (Å²) < 4.78 is 5.40. The maximum atomic E-state index is 5.93. The van der Waals surface area contributed by atoms with Gasteiger partial charge in [0.2, 0.25) is 0 Å². The lowest BCUT2D eigenvalue weighted by Gasteiger charge is -2.14. The second-order valence-electron chi connectivity index (χ2n) is 3.90. The van der Waals surface area contributed by atoms with E-state index in [0.29, 0.717) is 6.61 Å². The van der Waals surface area contributed by atoms with Crippen molar-refractivity contribution in [2.45, 2.75) is 39.3 Å². The third-order valence-corrected chi connectivity index (χ3v) is 2.61. The Bertz CT molecular complexity index is 278. The summed E-state index contributed by atoms with van der Waals surface area (Å²) in [5, 5.41) is 3.01. The molecule has 1 rings (SSSR count). The van der Waals surface area contributed by atoms with Crippen LogP contribution in [0.2, 0.25) is 0 Å². The number of hydrogen-bond donors (Lipinski definition) is 1. The van der Waals surface area contributed by atoms with Crippen molar-refractivity contribution in [3.8, 4) is 0 Å². The lowest BCUT2D eigenvalue weighted by Crippen LogP contribution is -2.29. The molecule has 14 heavy (non-hydrogen) atoms. The zero-order chi connectivity index (χ0) is 10.6. The topological polar surface area (TPSA) is 48.1 Å². The van der Waals surface area contributed by atoms with Gasteiger partial charge in [-0.3, -0.25) is 0 Å². The minimum atomic E-state index is -0.348. The number of hydrogen-bond acceptors (Lipinski definition) is 4. The predicted octanol–water partition coefficient (Wildman–Crippen LogP) is 2.26. The third-order valence-electron chi connectivity index (χ3n) is 1.79. The average Bonchev–Trinajstić information content (AvgIpc) is 2.52. The van der Waals surface area contributed by atoms with Crippen molar-refractivity contribution < 1.29 is 4.74 Å². The average molecular weight is 214 g/mol. The van der Waals surface area contributed by atoms with Crippen molar-refractivity contribution in [2.24, 2.45) is 5.73 Å². The van der Waals surface area contributed by atoms with Gasteiger partial charge in [-0.25, -0.2) is 4.98 Å². The fourth-order valence-corrected chi connectivity index (χ4v) is 1.88. The van der Waals surface area contributed by atoms with Gasteiger partial charge in [-0.2, -0.15) is 0 Å². The number of nitrogens with zero attached hydrogens (tertiary/aromatic N) is 1. The molecule has 2 N–H and O–H groups in total. The van der Waals surface area contributed by atoms with E-state index in [1.54, 1.807) is 11.3 Å². The Balaban J connectivity index is 2.51. The van der Waals surface area contributed by atoms with Gasteiger partial charge in [-0.1, -0.05) is 6.92 Å². The zero-order valence-electron chi connectivity index (χ0n) is 9.04. The van der Waals surface area contributed by atoms with Gasteiger partial charge < -0.3 is 10.5 Å². The summed E-state index contributed by atoms with van der Waals surface area (Å²) in [4.78, 5) is 4.42. The van der Waals surface area contributed by atoms with E-state index < -0.39 is 0 Å². The van der Waals surface area contributed by atoms with Crippen LogP contribution in [0.1, 0.15) is 37.9 Å². The first-order chi connectivity index (χ1) is 6.54. The van der Waals surface area contributed by atoms with Crippen molar-refractivity contribution in [3.63, 3.8) is 0 Å². The monoisotopic (exact) mass is 214 g/mol. The van der Waals surface area contributed by atoms with Gasteiger partial charge in [-0.15, -0.1) is 11.3 Å². The van der Waals surface area contributed by atoms with E-state index in [2.05, 4.69) is 11.9 Å². The highest BCUT2D eigenvalue weighted by molar-refractivity contribution is 7.09. The van der Waals surface area contributed by atoms with Gasteiger partial charge in [-0.05, 0) is 20.3 Å². The van der Waals surface area contributed by atoms with Crippen molar-refractivity contribution in [1.29, 1.82) is 0 Å². The van der Waals surface area contributed by atoms with Gasteiger partial charge >= 0.3 is 0 Å². The normalized spacial score (nSPS) is 12.0. The van der Waals surface area contributed by atoms with Gasteiger partial charge in [0.15, 0.2) is 0 Å². The molecule has 0 bridgehead atoms. The molecular weight excluding hydrogens is 196 g/mol. The fraction of sp³-hybridized carbons (Fsp3) is 0.700. The Kier molecular flexibility index (Phi) is 4.04. The van der Waals surface area contributed by atoms with E-state index in [0.717, 1.165) is 23.7 Å². The van der Waals surface area contributed by atoms with E-state index in [-0.39, 0.29) is 5.54 Å². The molecule has 80 valence electrons. The zero-order valence-corrected chi connectivity index (χ0v) is 9.86. The van der Waals surface area contributed by atoms with E-state index in [4.69, 9.17) is 10.5 Å². The van der Waals surface area contributed by atoms with Gasteiger partial charge in [0, 0.05) is 12.0 Å². The molecule has 0 saturated heterocycles. The summed E-state index contributed by atoms with van der Waals surface area (Å²) in [6.45, 7) is 7.41. The van der Waals surface area contributed by atoms with Crippen LogP contribution in [0.4, 0.5) is 0 Å². The van der Waals surface area contributed by atoms with Crippen LogP contribution < -0.4 is 5.73 Å². The summed E-state index contributed by atoms with van der Waals surface area (Å²) in [5.41, 5.74) is 6.52. The minimum absolute atomic E-state index is 0.348. The van der Waals surface area contributed by atoms with Crippen LogP contribution in [0.3, 0.4) is 0 Å². The Labute approximate surface area is 89.3 Å². The van der Waals surface area contributed by atoms with E-state index in [1.807, 2.05) is 19.2 Å². The standard InChI is InChI=1S/C10H18N2OS/c1-4-5-13-6-9-12-8(7-14-9)10(2,3)11/h7H,4-6,11H2,1-3H3. The third kappa shape index (κ3) is 3.36. The molecule has 1 aromatic heterocycles. The molecule has 0 aliphatic rings. The molecule has 0 radical (unpaired) electrons. The molecule has 1 aromatic rings. The summed E-state index contributed by atoms with van der Waals surface area (Å²) in [5.74, 6) is 0. The number of aromatic nitrogens is 1. The molecule has 0 amide bonds. The van der Waals surface area contributed by atoms with Crippen molar-refractivity contribution in [2.75, 3.05) is 6.61 Å². The predicted molar refractivity (Wildman–Crippen MR) is 59.3 cm³/mol. The van der Waals surface area contributed by atoms with Gasteiger partial charge in [0.25, 0.3) is 0 Å². The van der Waals surface area contributed by atoms with Crippen molar-refractivity contribution in [1.82, 2.24) is 4.98 Å². The molecule has 4 heteroatoms. The highest BCUT2D eigenvalue weighted by Crippen LogP contribution is 2.19. The van der Waals surface area contributed by atoms with E-state index in [1.165, 1.54) is 0 Å².